The molecule has 0 aliphatic carbocycles. The molecule has 8 unspecified atom stereocenters. The number of aromatic amines is 1. The summed E-state index contributed by atoms with van der Waals surface area (Å²) >= 11 is 0. The van der Waals surface area contributed by atoms with Gasteiger partial charge in [0.1, 0.15) is 53.8 Å². The molecule has 4 N–H and O–H groups in total. The third-order valence-electron chi connectivity index (χ3n) is 8.41. The number of ether oxygens (including phenoxy) is 3. The maximum Gasteiger partial charge on any atom is 0.279 e. The van der Waals surface area contributed by atoms with Crippen molar-refractivity contribution < 1.29 is 46.5 Å². The third-order valence-corrected chi connectivity index (χ3v) is 10.9. The van der Waals surface area contributed by atoms with E-state index in [1.807, 2.05) is 0 Å². The van der Waals surface area contributed by atoms with Crippen molar-refractivity contribution >= 4 is 58.2 Å². The van der Waals surface area contributed by atoms with E-state index in [0.717, 1.165) is 0 Å². The van der Waals surface area contributed by atoms with Crippen LogP contribution in [0.25, 0.3) is 22.3 Å². The summed E-state index contributed by atoms with van der Waals surface area (Å²) in [5, 5.41) is 11.3. The molecule has 0 saturated carbocycles. The van der Waals surface area contributed by atoms with Crippen LogP contribution >= 0.6 is 14.9 Å². The third kappa shape index (κ3) is 4.78. The van der Waals surface area contributed by atoms with Crippen molar-refractivity contribution in [2.45, 2.75) is 55.5 Å². The van der Waals surface area contributed by atoms with Gasteiger partial charge in [-0.2, -0.15) is 0 Å². The van der Waals surface area contributed by atoms with Crippen molar-refractivity contribution in [1.29, 1.82) is 0 Å². The lowest BCUT2D eigenvalue weighted by Gasteiger charge is -2.33. The Morgan fingerprint density at radius 1 is 1.00 bits per heavy atom. The molecule has 4 aromatic heterocycles. The quantitative estimate of drug-likeness (QED) is 0.154. The summed E-state index contributed by atoms with van der Waals surface area (Å²) < 4.78 is 73.0. The molecule has 4 fully saturated rings. The fourth-order valence-electron chi connectivity index (χ4n) is 6.27. The minimum Gasteiger partial charge on any atom is -0.387 e. The summed E-state index contributed by atoms with van der Waals surface area (Å²) in [5.41, 5.74) is 4.95. The standard InChI is InChI=1S/C22H27B2N9O11P2/c1-8-30-18-11(19(35)31-8)29-7-33(18)20-13-12(34)9(41-20)2-39-45(23,36)44-15-14-21(32-6-28-10-16(25)26-5-27-17(10)32)42-22(15,3-38-14)4-40-46(24,37)43-13/h5-7,9,12-15,20-21,34H,2-4,23-24H2,1H3,(H2,25,26,27)(H,30,31,35)/t9?,12?,13?,14?,15?,20?,21?,22?,45-,46-/m1/s1. The number of aryl methyl sites for hydroxylation is 1. The van der Waals surface area contributed by atoms with Crippen molar-refractivity contribution in [3.05, 3.63) is 35.2 Å². The number of hydrogen-bond acceptors (Lipinski definition) is 17. The van der Waals surface area contributed by atoms with Crippen LogP contribution in [-0.4, -0.2) is 115 Å². The first-order chi connectivity index (χ1) is 21.8. The van der Waals surface area contributed by atoms with Crippen LogP contribution in [0.15, 0.2) is 23.8 Å². The second kappa shape index (κ2) is 10.5. The number of anilines is 1. The topological polar surface area (TPSA) is 252 Å². The molecule has 0 spiro atoms. The zero-order chi connectivity index (χ0) is 32.2. The average molecular weight is 677 g/mol. The molecule has 0 amide bonds. The number of hydrogen-bond donors (Lipinski definition) is 3. The van der Waals surface area contributed by atoms with Gasteiger partial charge in [0.15, 0.2) is 35.1 Å². The lowest BCUT2D eigenvalue weighted by atomic mass is 10.0. The average Bonchev–Trinajstić information content (AvgIpc) is 3.80. The molecule has 8 heterocycles. The van der Waals surface area contributed by atoms with Gasteiger partial charge in [-0.3, -0.25) is 23.1 Å². The van der Waals surface area contributed by atoms with Crippen molar-refractivity contribution in [1.82, 2.24) is 39.0 Å². The van der Waals surface area contributed by atoms with Crippen LogP contribution in [0.4, 0.5) is 5.82 Å². The van der Waals surface area contributed by atoms with E-state index in [-0.39, 0.29) is 30.2 Å². The fraction of sp³-hybridized carbons (Fsp3) is 0.545. The van der Waals surface area contributed by atoms with E-state index in [0.29, 0.717) is 17.0 Å². The molecule has 0 aromatic carbocycles. The summed E-state index contributed by atoms with van der Waals surface area (Å²) in [6.45, 7) is 0.738. The van der Waals surface area contributed by atoms with E-state index in [1.165, 1.54) is 38.7 Å². The number of fused-ring (bicyclic) bond motifs is 4. The van der Waals surface area contributed by atoms with Gasteiger partial charge in [0.05, 0.1) is 32.5 Å². The summed E-state index contributed by atoms with van der Waals surface area (Å²) in [4.78, 5) is 36.1. The largest absolute Gasteiger partial charge is 0.387 e. The highest BCUT2D eigenvalue weighted by molar-refractivity contribution is 7.79. The van der Waals surface area contributed by atoms with Crippen LogP contribution < -0.4 is 11.3 Å². The van der Waals surface area contributed by atoms with Gasteiger partial charge in [-0.25, -0.2) is 24.9 Å². The highest BCUT2D eigenvalue weighted by Crippen LogP contribution is 2.58. The zero-order valence-electron chi connectivity index (χ0n) is 24.5. The van der Waals surface area contributed by atoms with E-state index < -0.39 is 75.7 Å². The molecule has 4 aromatic rings. The Hall–Kier alpha value is -3.03. The van der Waals surface area contributed by atoms with Gasteiger partial charge < -0.3 is 48.1 Å². The highest BCUT2D eigenvalue weighted by Gasteiger charge is 2.65. The smallest absolute Gasteiger partial charge is 0.279 e. The predicted molar refractivity (Wildman–Crippen MR) is 159 cm³/mol. The molecular weight excluding hydrogens is 650 g/mol. The Morgan fingerprint density at radius 3 is 2.54 bits per heavy atom. The predicted octanol–water partition coefficient (Wildman–Crippen LogP) is -1.93. The van der Waals surface area contributed by atoms with Crippen LogP contribution in [0.2, 0.25) is 0 Å². The van der Waals surface area contributed by atoms with E-state index in [1.54, 1.807) is 11.5 Å². The summed E-state index contributed by atoms with van der Waals surface area (Å²) in [5.74, 6) is 0.480. The van der Waals surface area contributed by atoms with Crippen LogP contribution in [-0.2, 0) is 41.4 Å². The number of aromatic nitrogens is 8. The van der Waals surface area contributed by atoms with Gasteiger partial charge in [-0.1, -0.05) is 0 Å². The normalized spacial score (nSPS) is 39.7. The molecule has 8 rings (SSSR count). The zero-order valence-corrected chi connectivity index (χ0v) is 26.3. The maximum atomic E-state index is 13.9. The summed E-state index contributed by atoms with van der Waals surface area (Å²) in [6, 6.07) is 0. The molecule has 4 aliphatic rings. The minimum atomic E-state index is -4.02. The number of H-pyrrole nitrogens is 1. The first-order valence-electron chi connectivity index (χ1n) is 14.2. The second-order valence-electron chi connectivity index (χ2n) is 11.7. The van der Waals surface area contributed by atoms with Gasteiger partial charge in [0.25, 0.3) is 35.6 Å². The Morgan fingerprint density at radius 2 is 1.74 bits per heavy atom. The Labute approximate surface area is 260 Å². The number of rotatable bonds is 2. The van der Waals surface area contributed by atoms with Crippen LogP contribution in [0, 0.1) is 6.92 Å². The first kappa shape index (κ1) is 30.3. The van der Waals surface area contributed by atoms with Crippen LogP contribution in [0.3, 0.4) is 0 Å². The molecule has 242 valence electrons. The number of nitrogens with two attached hydrogens (primary N) is 1. The van der Waals surface area contributed by atoms with Gasteiger partial charge in [0.2, 0.25) is 0 Å². The number of nitrogens with one attached hydrogen (secondary N) is 1. The van der Waals surface area contributed by atoms with Crippen LogP contribution in [0.5, 0.6) is 0 Å². The molecule has 24 heteroatoms. The second-order valence-corrected chi connectivity index (χ2v) is 15.7. The molecule has 20 nitrogen and oxygen atoms in total. The van der Waals surface area contributed by atoms with E-state index >= 15 is 0 Å². The first-order valence-corrected chi connectivity index (χ1v) is 18.1. The Balaban J connectivity index is 1.14. The molecule has 10 atom stereocenters. The number of aliphatic hydroxyl groups excluding tert-OH is 1. The number of nitrogens with zero attached hydrogens (tertiary/aromatic N) is 7. The van der Waals surface area contributed by atoms with Gasteiger partial charge in [-0.15, -0.1) is 0 Å². The summed E-state index contributed by atoms with van der Waals surface area (Å²) in [7, 11) is -5.42. The highest BCUT2D eigenvalue weighted by atomic mass is 31.2. The molecule has 4 saturated heterocycles. The van der Waals surface area contributed by atoms with Crippen molar-refractivity contribution in [2.75, 3.05) is 25.6 Å². The number of nitrogen functional groups attached to an aromatic ring is 1. The van der Waals surface area contributed by atoms with Crippen molar-refractivity contribution in [3.63, 3.8) is 0 Å². The molecule has 0 radical (unpaired) electrons. The number of aliphatic hydroxyl groups is 1. The molecule has 46 heavy (non-hydrogen) atoms. The van der Waals surface area contributed by atoms with E-state index in [2.05, 4.69) is 29.9 Å². The lowest BCUT2D eigenvalue weighted by molar-refractivity contribution is -0.183. The number of imidazole rings is 2. The van der Waals surface area contributed by atoms with Gasteiger partial charge in [0, 0.05) is 0 Å². The van der Waals surface area contributed by atoms with Crippen molar-refractivity contribution in [3.8, 4) is 0 Å². The molecule has 4 bridgehead atoms. The lowest BCUT2D eigenvalue weighted by Crippen LogP contribution is -2.46. The monoisotopic (exact) mass is 677 g/mol. The van der Waals surface area contributed by atoms with E-state index in [4.69, 9.17) is 38.0 Å². The minimum absolute atomic E-state index is 0.0209. The fourth-order valence-corrected chi connectivity index (χ4v) is 8.66. The van der Waals surface area contributed by atoms with E-state index in [9.17, 15) is 19.0 Å². The summed E-state index contributed by atoms with van der Waals surface area (Å²) in [6.07, 6.45) is -3.77. The SMILES string of the molecule is B[P@@]1(=O)OCC23COC(C(n4cnc5c(N)ncnc54)O2)C3O[P@](B)(=O)OCC2OC(n3cnc4c(=O)[nH]c(C)nc43)C(O1)C2O. The van der Waals surface area contributed by atoms with Gasteiger partial charge in [-0.05, 0) is 6.92 Å². The molecular formula is C22H27B2N9O11P2. The Kier molecular flexibility index (Phi) is 6.91. The van der Waals surface area contributed by atoms with Crippen LogP contribution in [0.1, 0.15) is 18.3 Å². The Bertz CT molecular complexity index is 2030. The molecule has 4 aliphatic heterocycles. The van der Waals surface area contributed by atoms with Crippen molar-refractivity contribution in [2.24, 2.45) is 0 Å². The van der Waals surface area contributed by atoms with Gasteiger partial charge >= 0.3 is 0 Å². The maximum absolute atomic E-state index is 13.9.